The Bertz CT molecular complexity index is 752. The molecule has 0 heterocycles. The number of aliphatic hydroxyl groups is 1. The highest BCUT2D eigenvalue weighted by molar-refractivity contribution is 5.93. The molecular weight excluding hydrogens is 344 g/mol. The van der Waals surface area contributed by atoms with E-state index in [1.54, 1.807) is 0 Å². The number of esters is 1. The zero-order valence-electron chi connectivity index (χ0n) is 14.3. The van der Waals surface area contributed by atoms with E-state index >= 15 is 0 Å². The Morgan fingerprint density at radius 1 is 1.19 bits per heavy atom. The van der Waals surface area contributed by atoms with Gasteiger partial charge in [-0.15, -0.1) is 0 Å². The Balaban J connectivity index is 1.37. The fraction of sp³-hybridized carbons (Fsp3) is 0.579. The molecule has 4 atom stereocenters. The van der Waals surface area contributed by atoms with Gasteiger partial charge in [0.1, 0.15) is 11.6 Å². The number of hydrogen-bond acceptors (Lipinski definition) is 4. The molecule has 4 bridgehead atoms. The van der Waals surface area contributed by atoms with Crippen LogP contribution >= 0.6 is 0 Å². The van der Waals surface area contributed by atoms with Gasteiger partial charge in [0.2, 0.25) is 0 Å². The van der Waals surface area contributed by atoms with Crippen LogP contribution in [0.4, 0.5) is 14.5 Å². The van der Waals surface area contributed by atoms with E-state index in [2.05, 4.69) is 5.32 Å². The lowest BCUT2D eigenvalue weighted by Crippen LogP contribution is -2.58. The van der Waals surface area contributed by atoms with Gasteiger partial charge >= 0.3 is 5.97 Å². The second-order valence-corrected chi connectivity index (χ2v) is 8.21. The van der Waals surface area contributed by atoms with E-state index in [9.17, 15) is 23.5 Å². The minimum atomic E-state index is -0.895. The van der Waals surface area contributed by atoms with Crippen molar-refractivity contribution in [3.63, 3.8) is 0 Å². The van der Waals surface area contributed by atoms with Gasteiger partial charge in [0.05, 0.1) is 16.7 Å². The topological polar surface area (TPSA) is 75.6 Å². The zero-order valence-corrected chi connectivity index (χ0v) is 14.3. The Kier molecular flexibility index (Phi) is 4.02. The van der Waals surface area contributed by atoms with Gasteiger partial charge in [0.15, 0.2) is 6.61 Å². The van der Waals surface area contributed by atoms with Crippen molar-refractivity contribution in [1.82, 2.24) is 0 Å². The number of carbonyl (C=O) groups excluding carboxylic acids is 2. The van der Waals surface area contributed by atoms with Crippen LogP contribution in [0.1, 0.15) is 38.5 Å². The molecule has 1 aromatic rings. The van der Waals surface area contributed by atoms with Gasteiger partial charge in [-0.2, -0.15) is 0 Å². The molecule has 2 unspecified atom stereocenters. The Morgan fingerprint density at radius 2 is 1.88 bits per heavy atom. The summed E-state index contributed by atoms with van der Waals surface area (Å²) in [6.45, 7) is -0.537. The highest BCUT2D eigenvalue weighted by Gasteiger charge is 2.60. The van der Waals surface area contributed by atoms with E-state index in [0.29, 0.717) is 37.2 Å². The lowest BCUT2D eigenvalue weighted by molar-refractivity contribution is -0.196. The number of anilines is 1. The van der Waals surface area contributed by atoms with Gasteiger partial charge in [-0.1, -0.05) is 0 Å². The number of hydrogen-bond donors (Lipinski definition) is 2. The van der Waals surface area contributed by atoms with Crippen LogP contribution in [-0.4, -0.2) is 29.2 Å². The smallest absolute Gasteiger partial charge is 0.312 e. The summed E-state index contributed by atoms with van der Waals surface area (Å²) < 4.78 is 31.7. The van der Waals surface area contributed by atoms with Crippen LogP contribution in [0.2, 0.25) is 0 Å². The first-order chi connectivity index (χ1) is 12.3. The van der Waals surface area contributed by atoms with Crippen LogP contribution < -0.4 is 5.32 Å². The molecule has 4 aliphatic rings. The van der Waals surface area contributed by atoms with Gasteiger partial charge < -0.3 is 15.2 Å². The van der Waals surface area contributed by atoms with Crippen molar-refractivity contribution in [2.24, 2.45) is 17.3 Å². The fourth-order valence-corrected chi connectivity index (χ4v) is 5.51. The van der Waals surface area contributed by atoms with Crippen molar-refractivity contribution >= 4 is 17.6 Å². The Morgan fingerprint density at radius 3 is 2.50 bits per heavy atom. The number of nitrogens with one attached hydrogen (secondary N) is 1. The van der Waals surface area contributed by atoms with E-state index in [4.69, 9.17) is 4.74 Å². The quantitative estimate of drug-likeness (QED) is 0.805. The monoisotopic (exact) mass is 365 g/mol. The lowest BCUT2D eigenvalue weighted by Gasteiger charge is -2.58. The van der Waals surface area contributed by atoms with Gasteiger partial charge in [-0.3, -0.25) is 9.59 Å². The Labute approximate surface area is 149 Å². The van der Waals surface area contributed by atoms with Crippen LogP contribution in [0.25, 0.3) is 0 Å². The van der Waals surface area contributed by atoms with Crippen molar-refractivity contribution in [3.8, 4) is 0 Å². The average molecular weight is 365 g/mol. The third kappa shape index (κ3) is 3.09. The minimum Gasteiger partial charge on any atom is -0.455 e. The normalized spacial score (nSPS) is 34.6. The molecule has 2 N–H and O–H groups in total. The van der Waals surface area contributed by atoms with E-state index in [-0.39, 0.29) is 5.69 Å². The molecule has 26 heavy (non-hydrogen) atoms. The summed E-state index contributed by atoms with van der Waals surface area (Å²) in [5, 5.41) is 12.9. The second kappa shape index (κ2) is 6.01. The number of halogens is 2. The molecule has 5 rings (SSSR count). The van der Waals surface area contributed by atoms with Crippen molar-refractivity contribution in [1.29, 1.82) is 0 Å². The van der Waals surface area contributed by atoms with Gasteiger partial charge in [0.25, 0.3) is 5.91 Å². The summed E-state index contributed by atoms with van der Waals surface area (Å²) in [6, 6.07) is 2.80. The van der Waals surface area contributed by atoms with Gasteiger partial charge in [-0.25, -0.2) is 8.78 Å². The van der Waals surface area contributed by atoms with Crippen molar-refractivity contribution in [2.45, 2.75) is 44.1 Å². The van der Waals surface area contributed by atoms with E-state index in [0.717, 1.165) is 31.4 Å². The molecule has 5 nitrogen and oxygen atoms in total. The SMILES string of the molecule is O=C(COC(=O)C12C[C@@H]3C[C@@H](CC(O)(C3)C1)C2)Nc1ccc(F)cc1F. The summed E-state index contributed by atoms with van der Waals surface area (Å²) in [5.41, 5.74) is -1.67. The van der Waals surface area contributed by atoms with Crippen LogP contribution in [0, 0.1) is 28.9 Å². The first kappa shape index (κ1) is 17.4. The molecule has 7 heteroatoms. The number of amides is 1. The van der Waals surface area contributed by atoms with Crippen molar-refractivity contribution in [2.75, 3.05) is 11.9 Å². The zero-order chi connectivity index (χ0) is 18.5. The summed E-state index contributed by atoms with van der Waals surface area (Å²) in [5.74, 6) is -2.13. The van der Waals surface area contributed by atoms with Gasteiger partial charge in [-0.05, 0) is 62.5 Å². The third-order valence-electron chi connectivity index (χ3n) is 6.00. The first-order valence-corrected chi connectivity index (χ1v) is 8.92. The molecular formula is C19H21F2NO4. The maximum absolute atomic E-state index is 13.6. The molecule has 0 aromatic heterocycles. The first-order valence-electron chi connectivity index (χ1n) is 8.92. The van der Waals surface area contributed by atoms with Crippen LogP contribution in [0.5, 0.6) is 0 Å². The van der Waals surface area contributed by atoms with Crippen molar-refractivity contribution in [3.05, 3.63) is 29.8 Å². The number of rotatable bonds is 4. The Hall–Kier alpha value is -2.02. The average Bonchev–Trinajstić information content (AvgIpc) is 2.53. The maximum Gasteiger partial charge on any atom is 0.312 e. The molecule has 4 fully saturated rings. The molecule has 140 valence electrons. The van der Waals surface area contributed by atoms with Crippen LogP contribution in [0.3, 0.4) is 0 Å². The largest absolute Gasteiger partial charge is 0.455 e. The van der Waals surface area contributed by atoms with E-state index in [1.807, 2.05) is 0 Å². The fourth-order valence-electron chi connectivity index (χ4n) is 5.51. The molecule has 1 amide bonds. The van der Waals surface area contributed by atoms with E-state index in [1.165, 1.54) is 0 Å². The second-order valence-electron chi connectivity index (χ2n) is 8.21. The molecule has 0 radical (unpaired) electrons. The van der Waals surface area contributed by atoms with Crippen LogP contribution in [-0.2, 0) is 14.3 Å². The van der Waals surface area contributed by atoms with Crippen LogP contribution in [0.15, 0.2) is 18.2 Å². The lowest BCUT2D eigenvalue weighted by atomic mass is 9.48. The van der Waals surface area contributed by atoms with Gasteiger partial charge in [0, 0.05) is 6.07 Å². The summed E-state index contributed by atoms with van der Waals surface area (Å²) >= 11 is 0. The highest BCUT2D eigenvalue weighted by atomic mass is 19.1. The number of carbonyl (C=O) groups is 2. The van der Waals surface area contributed by atoms with Crippen molar-refractivity contribution < 1.29 is 28.2 Å². The van der Waals surface area contributed by atoms with E-state index < -0.39 is 41.1 Å². The molecule has 0 spiro atoms. The molecule has 0 saturated heterocycles. The number of ether oxygens (including phenoxy) is 1. The summed E-state index contributed by atoms with van der Waals surface area (Å²) in [7, 11) is 0. The predicted octanol–water partition coefficient (Wildman–Crippen LogP) is 2.78. The minimum absolute atomic E-state index is 0.170. The molecule has 0 aliphatic heterocycles. The molecule has 4 saturated carbocycles. The third-order valence-corrected chi connectivity index (χ3v) is 6.00. The maximum atomic E-state index is 13.6. The standard InChI is InChI=1S/C19H21F2NO4/c20-13-1-2-15(14(21)4-13)22-16(23)9-26-17(24)18-5-11-3-12(6-18)8-19(25,7-11)10-18/h1-2,4,11-12,25H,3,5-10H2,(H,22,23)/t11-,12+,18?,19?. The molecule has 4 aliphatic carbocycles. The highest BCUT2D eigenvalue weighted by Crippen LogP contribution is 2.61. The molecule has 1 aromatic carbocycles. The predicted molar refractivity (Wildman–Crippen MR) is 88.0 cm³/mol. The number of benzene rings is 1. The summed E-state index contributed by atoms with van der Waals surface area (Å²) in [6.07, 6.45) is 4.30. The summed E-state index contributed by atoms with van der Waals surface area (Å²) in [4.78, 5) is 24.6.